The van der Waals surface area contributed by atoms with E-state index in [2.05, 4.69) is 66.8 Å². The minimum absolute atomic E-state index is 0.0833. The molecule has 0 saturated carbocycles. The summed E-state index contributed by atoms with van der Waals surface area (Å²) in [6.45, 7) is 6.01. The first-order valence-electron chi connectivity index (χ1n) is 12.2. The quantitative estimate of drug-likeness (QED) is 0.428. The summed E-state index contributed by atoms with van der Waals surface area (Å²) in [6.07, 6.45) is 0.514. The van der Waals surface area contributed by atoms with E-state index in [1.165, 1.54) is 18.2 Å². The second-order valence-electron chi connectivity index (χ2n) is 10.0. The zero-order valence-corrected chi connectivity index (χ0v) is 22.3. The maximum Gasteiger partial charge on any atom is 0.328 e. The number of carbonyl (C=O) groups is 2. The summed E-state index contributed by atoms with van der Waals surface area (Å²) < 4.78 is 4.91. The van der Waals surface area contributed by atoms with Crippen molar-refractivity contribution in [3.05, 3.63) is 70.8 Å². The van der Waals surface area contributed by atoms with Crippen LogP contribution in [-0.2, 0) is 40.4 Å². The van der Waals surface area contributed by atoms with Crippen LogP contribution >= 0.6 is 0 Å². The van der Waals surface area contributed by atoms with Gasteiger partial charge in [0.2, 0.25) is 5.91 Å². The first kappa shape index (κ1) is 28.5. The van der Waals surface area contributed by atoms with Gasteiger partial charge in [0.25, 0.3) is 0 Å². The van der Waals surface area contributed by atoms with Gasteiger partial charge in [0, 0.05) is 19.6 Å². The van der Waals surface area contributed by atoms with Crippen molar-refractivity contribution in [3.63, 3.8) is 0 Å². The Morgan fingerprint density at radius 1 is 0.857 bits per heavy atom. The lowest BCUT2D eigenvalue weighted by Crippen LogP contribution is -2.52. The number of carbonyl (C=O) groups excluding carboxylic acids is 2. The summed E-state index contributed by atoms with van der Waals surface area (Å²) in [5.74, 6) is -0.729. The smallest absolute Gasteiger partial charge is 0.328 e. The van der Waals surface area contributed by atoms with Crippen molar-refractivity contribution in [1.29, 1.82) is 0 Å². The number of nitrogens with one attached hydrogen (secondary N) is 2. The maximum atomic E-state index is 13.3. The van der Waals surface area contributed by atoms with E-state index in [1.807, 2.05) is 44.2 Å². The Bertz CT molecular complexity index is 916. The highest BCUT2D eigenvalue weighted by atomic mass is 16.5. The van der Waals surface area contributed by atoms with Crippen LogP contribution in [0.15, 0.2) is 48.5 Å². The van der Waals surface area contributed by atoms with Gasteiger partial charge in [-0.2, -0.15) is 0 Å². The molecule has 0 bridgehead atoms. The fourth-order valence-electron chi connectivity index (χ4n) is 4.08. The van der Waals surface area contributed by atoms with Crippen LogP contribution in [0.1, 0.15) is 36.1 Å². The molecule has 7 nitrogen and oxygen atoms in total. The second kappa shape index (κ2) is 14.0. The van der Waals surface area contributed by atoms with Crippen LogP contribution in [0.3, 0.4) is 0 Å². The summed E-state index contributed by atoms with van der Waals surface area (Å²) >= 11 is 0. The van der Waals surface area contributed by atoms with Crippen molar-refractivity contribution in [3.8, 4) is 0 Å². The van der Waals surface area contributed by atoms with Gasteiger partial charge in [-0.1, -0.05) is 62.4 Å². The molecular weight excluding hydrogens is 440 g/mol. The third kappa shape index (κ3) is 9.80. The van der Waals surface area contributed by atoms with Gasteiger partial charge >= 0.3 is 5.97 Å². The molecule has 192 valence electrons. The number of benzene rings is 2. The van der Waals surface area contributed by atoms with Crippen molar-refractivity contribution in [1.82, 2.24) is 20.4 Å². The van der Waals surface area contributed by atoms with Gasteiger partial charge in [-0.05, 0) is 62.8 Å². The summed E-state index contributed by atoms with van der Waals surface area (Å²) in [5.41, 5.74) is 4.65. The highest BCUT2D eigenvalue weighted by molar-refractivity contribution is 5.87. The van der Waals surface area contributed by atoms with Crippen LogP contribution < -0.4 is 10.6 Å². The van der Waals surface area contributed by atoms with Crippen LogP contribution in [0.5, 0.6) is 0 Å². The van der Waals surface area contributed by atoms with E-state index in [4.69, 9.17) is 4.74 Å². The second-order valence-corrected chi connectivity index (χ2v) is 10.0. The lowest BCUT2D eigenvalue weighted by molar-refractivity contribution is -0.146. The molecule has 0 aliphatic rings. The zero-order valence-electron chi connectivity index (χ0n) is 22.3. The van der Waals surface area contributed by atoms with Gasteiger partial charge in [0.15, 0.2) is 0 Å². The first-order chi connectivity index (χ1) is 16.6. The number of hydrogen-bond donors (Lipinski definition) is 2. The molecule has 1 amide bonds. The Hall–Kier alpha value is -2.74. The molecular formula is C28H42N4O3. The Morgan fingerprint density at radius 2 is 1.40 bits per heavy atom. The van der Waals surface area contributed by atoms with Crippen LogP contribution in [0.2, 0.25) is 0 Å². The molecule has 2 aromatic rings. The Labute approximate surface area is 210 Å². The molecule has 0 aliphatic heterocycles. The van der Waals surface area contributed by atoms with Gasteiger partial charge in [-0.3, -0.25) is 4.79 Å². The van der Waals surface area contributed by atoms with Crippen LogP contribution in [0, 0.1) is 5.92 Å². The van der Waals surface area contributed by atoms with Crippen LogP contribution in [0.4, 0.5) is 0 Å². The summed E-state index contributed by atoms with van der Waals surface area (Å²) in [5, 5.41) is 6.36. The third-order valence-corrected chi connectivity index (χ3v) is 5.68. The van der Waals surface area contributed by atoms with E-state index in [1.54, 1.807) is 0 Å². The highest BCUT2D eigenvalue weighted by Gasteiger charge is 2.28. The van der Waals surface area contributed by atoms with E-state index in [0.717, 1.165) is 24.2 Å². The third-order valence-electron chi connectivity index (χ3n) is 5.68. The van der Waals surface area contributed by atoms with Crippen molar-refractivity contribution in [2.75, 3.05) is 35.3 Å². The van der Waals surface area contributed by atoms with Crippen molar-refractivity contribution < 1.29 is 14.3 Å². The van der Waals surface area contributed by atoms with Gasteiger partial charge < -0.3 is 25.2 Å². The molecule has 2 aromatic carbocycles. The molecule has 0 spiro atoms. The Balaban J connectivity index is 2.26. The molecule has 0 heterocycles. The average Bonchev–Trinajstić information content (AvgIpc) is 2.79. The minimum atomic E-state index is -0.692. The molecule has 0 aliphatic carbocycles. The van der Waals surface area contributed by atoms with E-state index in [9.17, 15) is 9.59 Å². The topological polar surface area (TPSA) is 73.9 Å². The molecule has 0 unspecified atom stereocenters. The Morgan fingerprint density at radius 3 is 1.89 bits per heavy atom. The molecule has 0 aromatic heterocycles. The van der Waals surface area contributed by atoms with Gasteiger partial charge in [0.1, 0.15) is 6.04 Å². The number of methoxy groups -OCH3 is 1. The van der Waals surface area contributed by atoms with E-state index in [-0.39, 0.29) is 11.8 Å². The lowest BCUT2D eigenvalue weighted by atomic mass is 10.0. The number of ether oxygens (including phenoxy) is 1. The van der Waals surface area contributed by atoms with Gasteiger partial charge in [0.05, 0.1) is 13.2 Å². The molecule has 0 saturated heterocycles. The standard InChI is InChI=1S/C28H42N4O3/c1-20(2)26(28(34)35-7)30-27(33)25(16-21-11-9-8-10-12-21)29-17-22-13-23(18-31(3)4)15-24(14-22)19-32(5)6/h8-15,20,25-26,29H,16-19H2,1-7H3,(H,30,33)/t25-,26-/m0/s1. The summed E-state index contributed by atoms with van der Waals surface area (Å²) in [4.78, 5) is 29.9. The average molecular weight is 483 g/mol. The van der Waals surface area contributed by atoms with Crippen LogP contribution in [-0.4, -0.2) is 69.1 Å². The largest absolute Gasteiger partial charge is 0.467 e. The molecule has 0 fully saturated rings. The monoisotopic (exact) mass is 482 g/mol. The number of amides is 1. The maximum absolute atomic E-state index is 13.3. The number of esters is 1. The number of nitrogens with zero attached hydrogens (tertiary/aromatic N) is 2. The molecule has 7 heteroatoms. The SMILES string of the molecule is COC(=O)[C@@H](NC(=O)[C@H](Cc1ccccc1)NCc1cc(CN(C)C)cc(CN(C)C)c1)C(C)C. The van der Waals surface area contributed by atoms with Crippen LogP contribution in [0.25, 0.3) is 0 Å². The summed E-state index contributed by atoms with van der Waals surface area (Å²) in [6, 6.07) is 15.3. The van der Waals surface area contributed by atoms with E-state index in [0.29, 0.717) is 13.0 Å². The van der Waals surface area contributed by atoms with Crippen molar-refractivity contribution in [2.24, 2.45) is 5.92 Å². The predicted molar refractivity (Wildman–Crippen MR) is 141 cm³/mol. The summed E-state index contributed by atoms with van der Waals surface area (Å²) in [7, 11) is 9.58. The highest BCUT2D eigenvalue weighted by Crippen LogP contribution is 2.15. The first-order valence-corrected chi connectivity index (χ1v) is 12.2. The molecule has 2 atom stereocenters. The van der Waals surface area contributed by atoms with E-state index < -0.39 is 18.1 Å². The molecule has 2 rings (SSSR count). The molecule has 0 radical (unpaired) electrons. The number of hydrogen-bond acceptors (Lipinski definition) is 6. The van der Waals surface area contributed by atoms with Crippen molar-refractivity contribution >= 4 is 11.9 Å². The lowest BCUT2D eigenvalue weighted by Gasteiger charge is -2.25. The fourth-order valence-corrected chi connectivity index (χ4v) is 4.08. The van der Waals surface area contributed by atoms with Gasteiger partial charge in [-0.25, -0.2) is 4.79 Å². The molecule has 35 heavy (non-hydrogen) atoms. The normalized spacial score (nSPS) is 13.2. The number of rotatable bonds is 13. The predicted octanol–water partition coefficient (Wildman–Crippen LogP) is 2.82. The van der Waals surface area contributed by atoms with Crippen molar-refractivity contribution in [2.45, 2.75) is 52.0 Å². The molecule has 2 N–H and O–H groups in total. The van der Waals surface area contributed by atoms with Gasteiger partial charge in [-0.15, -0.1) is 0 Å². The Kier molecular flexibility index (Phi) is 11.4. The van der Waals surface area contributed by atoms with E-state index >= 15 is 0 Å². The fraction of sp³-hybridized carbons (Fsp3) is 0.500. The minimum Gasteiger partial charge on any atom is -0.467 e. The zero-order chi connectivity index (χ0) is 26.0.